The van der Waals surface area contributed by atoms with Gasteiger partial charge in [-0.05, 0) is 49.7 Å². The Morgan fingerprint density at radius 3 is 2.76 bits per heavy atom. The van der Waals surface area contributed by atoms with E-state index >= 15 is 4.39 Å². The number of nitrogens with one attached hydrogen (secondary N) is 2. The number of hydrogen-bond donors (Lipinski definition) is 3. The van der Waals surface area contributed by atoms with Gasteiger partial charge in [0, 0.05) is 21.5 Å². The number of halogens is 3. The number of nitrogens with two attached hydrogens (primary N) is 1. The van der Waals surface area contributed by atoms with Gasteiger partial charge in [0.15, 0.2) is 5.60 Å². The van der Waals surface area contributed by atoms with Gasteiger partial charge < -0.3 is 15.8 Å². The van der Waals surface area contributed by atoms with Gasteiger partial charge in [-0.2, -0.15) is 5.10 Å². The fraction of sp³-hybridized carbons (Fsp3) is 0.300. The number of aromatic amines is 1. The zero-order chi connectivity index (χ0) is 20.6. The Labute approximate surface area is 170 Å². The summed E-state index contributed by atoms with van der Waals surface area (Å²) in [6.45, 7) is 0.632. The first-order valence-electron chi connectivity index (χ1n) is 9.21. The van der Waals surface area contributed by atoms with E-state index in [0.29, 0.717) is 23.9 Å². The molecule has 1 aliphatic rings. The Balaban J connectivity index is 2.04. The van der Waals surface area contributed by atoms with Crippen LogP contribution in [0.5, 0.6) is 0 Å². The summed E-state index contributed by atoms with van der Waals surface area (Å²) in [6.07, 6.45) is 2.71. The van der Waals surface area contributed by atoms with Crippen molar-refractivity contribution in [1.82, 2.24) is 15.5 Å². The molecule has 4 N–H and O–H groups in total. The van der Waals surface area contributed by atoms with Crippen LogP contribution in [-0.4, -0.2) is 28.9 Å². The van der Waals surface area contributed by atoms with Crippen LogP contribution in [0.1, 0.15) is 30.4 Å². The fourth-order valence-corrected chi connectivity index (χ4v) is 4.33. The summed E-state index contributed by atoms with van der Waals surface area (Å²) in [6, 6.07) is 6.03. The lowest BCUT2D eigenvalue weighted by atomic mass is 9.76. The lowest BCUT2D eigenvalue weighted by Crippen LogP contribution is -2.55. The number of amides is 1. The number of primary amides is 1. The summed E-state index contributed by atoms with van der Waals surface area (Å²) in [4.78, 5) is 12.0. The van der Waals surface area contributed by atoms with Crippen LogP contribution < -0.4 is 11.1 Å². The first kappa shape index (κ1) is 19.6. The van der Waals surface area contributed by atoms with Crippen LogP contribution in [0.2, 0.25) is 5.02 Å². The highest BCUT2D eigenvalue weighted by Gasteiger charge is 2.48. The largest absolute Gasteiger partial charge is 0.431 e. The van der Waals surface area contributed by atoms with Gasteiger partial charge in [0.1, 0.15) is 11.6 Å². The summed E-state index contributed by atoms with van der Waals surface area (Å²) in [5.74, 6) is -1.28. The number of rotatable bonds is 4. The molecule has 3 aromatic rings. The zero-order valence-electron chi connectivity index (χ0n) is 15.3. The summed E-state index contributed by atoms with van der Waals surface area (Å²) in [7, 11) is 0. The molecular weight excluding hydrogens is 402 g/mol. The van der Waals surface area contributed by atoms with Gasteiger partial charge in [-0.15, -0.1) is 0 Å². The predicted molar refractivity (Wildman–Crippen MR) is 105 cm³/mol. The van der Waals surface area contributed by atoms with Crippen molar-refractivity contribution in [1.29, 1.82) is 0 Å². The van der Waals surface area contributed by atoms with Gasteiger partial charge in [-0.1, -0.05) is 18.0 Å². The Morgan fingerprint density at radius 2 is 2.07 bits per heavy atom. The minimum atomic E-state index is -1.71. The molecule has 1 saturated heterocycles. The number of hydrogen-bond acceptors (Lipinski definition) is 4. The Hall–Kier alpha value is -2.71. The Morgan fingerprint density at radius 1 is 1.24 bits per heavy atom. The number of H-pyrrole nitrogens is 1. The molecule has 9 heteroatoms. The fourth-order valence-electron chi connectivity index (χ4n) is 4.10. The van der Waals surface area contributed by atoms with E-state index in [1.54, 1.807) is 0 Å². The molecular formula is C20H19ClF2N4O2. The highest BCUT2D eigenvalue weighted by atomic mass is 35.5. The van der Waals surface area contributed by atoms with E-state index < -0.39 is 29.4 Å². The van der Waals surface area contributed by atoms with Crippen molar-refractivity contribution in [2.24, 2.45) is 5.73 Å². The van der Waals surface area contributed by atoms with Crippen molar-refractivity contribution >= 4 is 28.6 Å². The molecule has 0 aliphatic carbocycles. The van der Waals surface area contributed by atoms with E-state index in [-0.39, 0.29) is 16.1 Å². The van der Waals surface area contributed by atoms with Crippen LogP contribution in [0.4, 0.5) is 13.6 Å². The summed E-state index contributed by atoms with van der Waals surface area (Å²) >= 11 is 6.10. The average Bonchev–Trinajstić information content (AvgIpc) is 3.12. The number of fused-ring (bicyclic) bond motifs is 1. The van der Waals surface area contributed by atoms with Gasteiger partial charge in [-0.25, -0.2) is 13.6 Å². The predicted octanol–water partition coefficient (Wildman–Crippen LogP) is 3.98. The second-order valence-corrected chi connectivity index (χ2v) is 7.54. The molecule has 1 amide bonds. The molecule has 152 valence electrons. The molecule has 0 bridgehead atoms. The van der Waals surface area contributed by atoms with Crippen molar-refractivity contribution in [3.63, 3.8) is 0 Å². The number of nitrogens with zero attached hydrogens (tertiary/aromatic N) is 1. The molecule has 4 rings (SSSR count). The van der Waals surface area contributed by atoms with E-state index in [1.807, 2.05) is 0 Å². The first-order chi connectivity index (χ1) is 13.9. The third kappa shape index (κ3) is 3.54. The van der Waals surface area contributed by atoms with Crippen LogP contribution in [0.25, 0.3) is 10.9 Å². The Kier molecular flexibility index (Phi) is 5.14. The number of benzene rings is 2. The van der Waals surface area contributed by atoms with Crippen molar-refractivity contribution < 1.29 is 18.3 Å². The number of carbonyl (C=O) groups excluding carboxylic acids is 1. The van der Waals surface area contributed by atoms with Gasteiger partial charge in [0.2, 0.25) is 0 Å². The van der Waals surface area contributed by atoms with Crippen LogP contribution in [0, 0.1) is 11.6 Å². The van der Waals surface area contributed by atoms with Gasteiger partial charge in [0.25, 0.3) is 0 Å². The monoisotopic (exact) mass is 420 g/mol. The standard InChI is InChI=1S/C20H19ClF2N4O2/c21-13-6-12(7-14(22)8-13)20(29-19(24)28,18-3-1-2-4-25-18)15-5-11-10-26-27-17(11)9-16(15)23/h5-10,18,25H,1-4H2,(H2,24,28)(H,26,27)/t18-,20-/m0/s1. The van der Waals surface area contributed by atoms with Crippen molar-refractivity contribution in [2.45, 2.75) is 30.9 Å². The van der Waals surface area contributed by atoms with E-state index in [2.05, 4.69) is 15.5 Å². The topological polar surface area (TPSA) is 93.0 Å². The van der Waals surface area contributed by atoms with E-state index in [4.69, 9.17) is 22.1 Å². The molecule has 2 heterocycles. The summed E-state index contributed by atoms with van der Waals surface area (Å²) in [5, 5.41) is 10.6. The quantitative estimate of drug-likeness (QED) is 0.595. The summed E-state index contributed by atoms with van der Waals surface area (Å²) < 4.78 is 35.3. The van der Waals surface area contributed by atoms with Crippen LogP contribution in [-0.2, 0) is 10.3 Å². The minimum Gasteiger partial charge on any atom is -0.431 e. The number of carbonyl (C=O) groups is 1. The number of aromatic nitrogens is 2. The second-order valence-electron chi connectivity index (χ2n) is 7.11. The molecule has 6 nitrogen and oxygen atoms in total. The zero-order valence-corrected chi connectivity index (χ0v) is 16.1. The number of piperidine rings is 1. The normalized spacial score (nSPS) is 19.1. The van der Waals surface area contributed by atoms with Gasteiger partial charge in [0.05, 0.1) is 17.8 Å². The van der Waals surface area contributed by atoms with Crippen LogP contribution in [0.15, 0.2) is 36.5 Å². The van der Waals surface area contributed by atoms with Crippen LogP contribution >= 0.6 is 11.6 Å². The molecule has 1 aromatic heterocycles. The maximum atomic E-state index is 15.3. The molecule has 0 spiro atoms. The van der Waals surface area contributed by atoms with E-state index in [9.17, 15) is 9.18 Å². The smallest absolute Gasteiger partial charge is 0.405 e. The molecule has 0 radical (unpaired) electrons. The van der Waals surface area contributed by atoms with Crippen LogP contribution in [0.3, 0.4) is 0 Å². The lowest BCUT2D eigenvalue weighted by Gasteiger charge is -2.43. The molecule has 1 aliphatic heterocycles. The highest BCUT2D eigenvalue weighted by molar-refractivity contribution is 6.30. The van der Waals surface area contributed by atoms with Gasteiger partial charge >= 0.3 is 6.09 Å². The SMILES string of the molecule is NC(=O)O[C@@](c1cc(F)cc(Cl)c1)(c1cc2cn[nH]c2cc1F)[C@@H]1CCCCN1. The van der Waals surface area contributed by atoms with E-state index in [1.165, 1.54) is 30.5 Å². The molecule has 2 atom stereocenters. The third-order valence-electron chi connectivity index (χ3n) is 5.28. The average molecular weight is 421 g/mol. The molecule has 1 fully saturated rings. The second kappa shape index (κ2) is 7.61. The Bertz CT molecular complexity index is 1050. The molecule has 0 unspecified atom stereocenters. The minimum absolute atomic E-state index is 0.0475. The maximum absolute atomic E-state index is 15.3. The first-order valence-corrected chi connectivity index (χ1v) is 9.59. The number of ether oxygens (including phenoxy) is 1. The van der Waals surface area contributed by atoms with E-state index in [0.717, 1.165) is 18.9 Å². The maximum Gasteiger partial charge on any atom is 0.405 e. The third-order valence-corrected chi connectivity index (χ3v) is 5.50. The van der Waals surface area contributed by atoms with Crippen molar-refractivity contribution in [3.05, 3.63) is 64.3 Å². The summed E-state index contributed by atoms with van der Waals surface area (Å²) in [5.41, 5.74) is 4.43. The van der Waals surface area contributed by atoms with Crippen molar-refractivity contribution in [2.75, 3.05) is 6.54 Å². The van der Waals surface area contributed by atoms with Crippen molar-refractivity contribution in [3.8, 4) is 0 Å². The lowest BCUT2D eigenvalue weighted by molar-refractivity contribution is 0.00408. The molecule has 29 heavy (non-hydrogen) atoms. The van der Waals surface area contributed by atoms with Gasteiger partial charge in [-0.3, -0.25) is 5.10 Å². The highest BCUT2D eigenvalue weighted by Crippen LogP contribution is 2.43. The molecule has 0 saturated carbocycles. The molecule has 2 aromatic carbocycles.